The molecular formula is C28H32F2N4O3S. The van der Waals surface area contributed by atoms with Crippen LogP contribution in [0.4, 0.5) is 14.5 Å². The number of aromatic nitrogens is 1. The minimum atomic E-state index is -0.993. The summed E-state index contributed by atoms with van der Waals surface area (Å²) in [5.74, 6) is -2.06. The fourth-order valence-electron chi connectivity index (χ4n) is 5.07. The van der Waals surface area contributed by atoms with Crippen molar-refractivity contribution in [2.45, 2.75) is 70.2 Å². The van der Waals surface area contributed by atoms with Gasteiger partial charge in [-0.05, 0) is 49.9 Å². The first-order chi connectivity index (χ1) is 18.2. The monoisotopic (exact) mass is 542 g/mol. The maximum Gasteiger partial charge on any atom is 0.274 e. The molecule has 0 unspecified atom stereocenters. The highest BCUT2D eigenvalue weighted by molar-refractivity contribution is 7.20. The number of carbonyl (C=O) groups excluding carboxylic acids is 2. The standard InChI is InChI=1S/C28H32F2N4O3S/c1-4-7-22(31-17-10-11-19(29)20(30)12-17)26(36)34-15-18(13-23(34)25(35)33-28(3)14-16(28)2)37-27-32-21-8-5-6-9-24(21)38-27/h5-6,8-12,16,18,22-23,31H,4,7,13-15H2,1-3H3,(H,33,35)/t16-,18-,22+,23+,28-/m1/s1. The van der Waals surface area contributed by atoms with Crippen molar-refractivity contribution in [3.05, 3.63) is 54.1 Å². The van der Waals surface area contributed by atoms with Crippen LogP contribution in [-0.4, -0.2) is 52.0 Å². The molecule has 2 aromatic carbocycles. The molecule has 2 aliphatic rings. The number of anilines is 1. The van der Waals surface area contributed by atoms with Crippen molar-refractivity contribution in [3.8, 4) is 5.19 Å². The van der Waals surface area contributed by atoms with E-state index in [1.54, 1.807) is 4.90 Å². The van der Waals surface area contributed by atoms with Crippen LogP contribution in [0.3, 0.4) is 0 Å². The molecule has 2 fully saturated rings. The smallest absolute Gasteiger partial charge is 0.274 e. The van der Waals surface area contributed by atoms with Crippen molar-refractivity contribution in [1.29, 1.82) is 0 Å². The molecule has 1 aliphatic heterocycles. The quantitative estimate of drug-likeness (QED) is 0.392. The maximum atomic E-state index is 13.8. The Morgan fingerprint density at radius 3 is 2.68 bits per heavy atom. The number of rotatable bonds is 9. The second kappa shape index (κ2) is 10.5. The molecule has 2 amide bonds. The minimum absolute atomic E-state index is 0.205. The summed E-state index contributed by atoms with van der Waals surface area (Å²) in [6.45, 7) is 6.25. The molecule has 1 saturated carbocycles. The highest BCUT2D eigenvalue weighted by Crippen LogP contribution is 2.42. The Labute approximate surface area is 224 Å². The third-order valence-electron chi connectivity index (χ3n) is 7.59. The lowest BCUT2D eigenvalue weighted by atomic mass is 10.1. The Bertz CT molecular complexity index is 1320. The molecule has 2 heterocycles. The number of nitrogens with zero attached hydrogens (tertiary/aromatic N) is 2. The molecule has 38 heavy (non-hydrogen) atoms. The summed E-state index contributed by atoms with van der Waals surface area (Å²) in [6.07, 6.45) is 1.95. The van der Waals surface area contributed by atoms with Crippen LogP contribution >= 0.6 is 11.3 Å². The number of para-hydroxylation sites is 1. The number of carbonyl (C=O) groups is 2. The Morgan fingerprint density at radius 1 is 1.24 bits per heavy atom. The van der Waals surface area contributed by atoms with E-state index in [4.69, 9.17) is 4.74 Å². The first-order valence-corrected chi connectivity index (χ1v) is 13.8. The van der Waals surface area contributed by atoms with Crippen molar-refractivity contribution in [1.82, 2.24) is 15.2 Å². The van der Waals surface area contributed by atoms with Crippen molar-refractivity contribution < 1.29 is 23.1 Å². The fourth-order valence-corrected chi connectivity index (χ4v) is 5.95. The summed E-state index contributed by atoms with van der Waals surface area (Å²) < 4.78 is 34.5. The van der Waals surface area contributed by atoms with Gasteiger partial charge in [0.1, 0.15) is 18.2 Å². The zero-order valence-corrected chi connectivity index (χ0v) is 22.5. The molecule has 5 atom stereocenters. The number of nitrogens with one attached hydrogen (secondary N) is 2. The second-order valence-corrected chi connectivity index (χ2v) is 11.5. The maximum absolute atomic E-state index is 13.8. The van der Waals surface area contributed by atoms with E-state index in [-0.39, 0.29) is 23.9 Å². The Kier molecular flexibility index (Phi) is 7.26. The zero-order valence-electron chi connectivity index (χ0n) is 21.7. The number of ether oxygens (including phenoxy) is 1. The predicted octanol–water partition coefficient (Wildman–Crippen LogP) is 5.12. The van der Waals surface area contributed by atoms with Gasteiger partial charge >= 0.3 is 0 Å². The minimum Gasteiger partial charge on any atom is -0.465 e. The number of benzene rings is 2. The largest absolute Gasteiger partial charge is 0.465 e. The van der Waals surface area contributed by atoms with Crippen LogP contribution in [0.15, 0.2) is 42.5 Å². The molecule has 0 spiro atoms. The lowest BCUT2D eigenvalue weighted by Gasteiger charge is -2.29. The second-order valence-electron chi connectivity index (χ2n) is 10.6. The highest BCUT2D eigenvalue weighted by Gasteiger charge is 2.51. The van der Waals surface area contributed by atoms with Gasteiger partial charge in [-0.25, -0.2) is 13.8 Å². The van der Waals surface area contributed by atoms with Gasteiger partial charge in [0, 0.05) is 23.7 Å². The summed E-state index contributed by atoms with van der Waals surface area (Å²) in [5.41, 5.74) is 0.865. The first kappa shape index (κ1) is 26.3. The topological polar surface area (TPSA) is 83.6 Å². The van der Waals surface area contributed by atoms with Crippen molar-refractivity contribution in [2.75, 3.05) is 11.9 Å². The molecule has 0 bridgehead atoms. The van der Waals surface area contributed by atoms with Crippen LogP contribution in [0.5, 0.6) is 5.19 Å². The molecule has 7 nitrogen and oxygen atoms in total. The molecule has 1 aromatic heterocycles. The zero-order chi connectivity index (χ0) is 27.0. The average Bonchev–Trinajstić information content (AvgIpc) is 3.21. The van der Waals surface area contributed by atoms with E-state index in [2.05, 4.69) is 22.5 Å². The van der Waals surface area contributed by atoms with E-state index < -0.39 is 29.8 Å². The Balaban J connectivity index is 1.36. The summed E-state index contributed by atoms with van der Waals surface area (Å²) in [4.78, 5) is 33.4. The van der Waals surface area contributed by atoms with Gasteiger partial charge in [-0.3, -0.25) is 9.59 Å². The fraction of sp³-hybridized carbons (Fsp3) is 0.464. The average molecular weight is 543 g/mol. The lowest BCUT2D eigenvalue weighted by molar-refractivity contribution is -0.139. The summed E-state index contributed by atoms with van der Waals surface area (Å²) in [5, 5.41) is 6.68. The first-order valence-electron chi connectivity index (χ1n) is 13.0. The van der Waals surface area contributed by atoms with Crippen molar-refractivity contribution in [3.63, 3.8) is 0 Å². The van der Waals surface area contributed by atoms with Crippen molar-refractivity contribution in [2.24, 2.45) is 5.92 Å². The van der Waals surface area contributed by atoms with Gasteiger partial charge in [0.2, 0.25) is 11.8 Å². The number of hydrogen-bond donors (Lipinski definition) is 2. The van der Waals surface area contributed by atoms with Gasteiger partial charge in [0.25, 0.3) is 5.19 Å². The van der Waals surface area contributed by atoms with Crippen LogP contribution < -0.4 is 15.4 Å². The molecule has 5 rings (SSSR count). The summed E-state index contributed by atoms with van der Waals surface area (Å²) >= 11 is 1.43. The van der Waals surface area contributed by atoms with E-state index in [0.29, 0.717) is 36.1 Å². The summed E-state index contributed by atoms with van der Waals surface area (Å²) in [7, 11) is 0. The van der Waals surface area contributed by atoms with Gasteiger partial charge in [-0.2, -0.15) is 0 Å². The third kappa shape index (κ3) is 5.45. The molecule has 1 aliphatic carbocycles. The number of likely N-dealkylation sites (tertiary alicyclic amines) is 1. The van der Waals surface area contributed by atoms with Crippen LogP contribution in [0.2, 0.25) is 0 Å². The van der Waals surface area contributed by atoms with E-state index >= 15 is 0 Å². The third-order valence-corrected chi connectivity index (χ3v) is 8.52. The van der Waals surface area contributed by atoms with E-state index in [1.165, 1.54) is 17.4 Å². The number of hydrogen-bond acceptors (Lipinski definition) is 6. The van der Waals surface area contributed by atoms with Crippen LogP contribution in [-0.2, 0) is 9.59 Å². The number of thiazole rings is 1. The highest BCUT2D eigenvalue weighted by atomic mass is 32.1. The summed E-state index contributed by atoms with van der Waals surface area (Å²) in [6, 6.07) is 9.77. The SMILES string of the molecule is CCC[C@H](Nc1ccc(F)c(F)c1)C(=O)N1C[C@H](Oc2nc3ccccc3s2)C[C@H]1C(=O)N[C@]1(C)C[C@H]1C. The van der Waals surface area contributed by atoms with Gasteiger partial charge in [-0.15, -0.1) is 0 Å². The van der Waals surface area contributed by atoms with Gasteiger partial charge < -0.3 is 20.3 Å². The predicted molar refractivity (Wildman–Crippen MR) is 143 cm³/mol. The van der Waals surface area contributed by atoms with E-state index in [9.17, 15) is 18.4 Å². The number of fused-ring (bicyclic) bond motifs is 1. The van der Waals surface area contributed by atoms with Crippen LogP contribution in [0.25, 0.3) is 10.2 Å². The lowest BCUT2D eigenvalue weighted by Crippen LogP contribution is -2.52. The number of halogens is 2. The van der Waals surface area contributed by atoms with Crippen LogP contribution in [0, 0.1) is 17.6 Å². The van der Waals surface area contributed by atoms with Crippen LogP contribution in [0.1, 0.15) is 46.5 Å². The number of amides is 2. The molecule has 1 saturated heterocycles. The van der Waals surface area contributed by atoms with Gasteiger partial charge in [0.15, 0.2) is 11.6 Å². The molecule has 202 valence electrons. The van der Waals surface area contributed by atoms with Crippen molar-refractivity contribution >= 4 is 39.1 Å². The van der Waals surface area contributed by atoms with E-state index in [0.717, 1.165) is 28.8 Å². The normalized spacial score (nSPS) is 25.3. The molecule has 0 radical (unpaired) electrons. The van der Waals surface area contributed by atoms with E-state index in [1.807, 2.05) is 38.1 Å². The Morgan fingerprint density at radius 2 is 2.00 bits per heavy atom. The van der Waals surface area contributed by atoms with Gasteiger partial charge in [0.05, 0.1) is 16.8 Å². The molecule has 3 aromatic rings. The Hall–Kier alpha value is -3.27. The molecule has 2 N–H and O–H groups in total. The molecule has 10 heteroatoms. The van der Waals surface area contributed by atoms with Gasteiger partial charge in [-0.1, -0.05) is 43.7 Å². The molecular weight excluding hydrogens is 510 g/mol.